The smallest absolute Gasteiger partial charge is 0.378 e. The first-order valence-corrected chi connectivity index (χ1v) is 4.17. The van der Waals surface area contributed by atoms with Gasteiger partial charge in [0.25, 0.3) is 0 Å². The predicted molar refractivity (Wildman–Crippen MR) is 46.2 cm³/mol. The highest BCUT2D eigenvalue weighted by molar-refractivity contribution is 5.39. The molecule has 1 N–H and O–H groups in total. The topological polar surface area (TPSA) is 37.5 Å². The minimum Gasteiger partial charge on any atom is -0.378 e. The van der Waals surface area contributed by atoms with Gasteiger partial charge in [-0.1, -0.05) is 6.07 Å². The van der Waals surface area contributed by atoms with Gasteiger partial charge in [-0.25, -0.2) is 4.98 Å². The third-order valence-corrected chi connectivity index (χ3v) is 1.97. The lowest BCUT2D eigenvalue weighted by Crippen LogP contribution is -2.20. The summed E-state index contributed by atoms with van der Waals surface area (Å²) in [6.07, 6.45) is -4.49. The zero-order valence-electron chi connectivity index (χ0n) is 7.44. The molecule has 2 aromatic heterocycles. The number of alkyl halides is 3. The van der Waals surface area contributed by atoms with Crippen molar-refractivity contribution in [2.75, 3.05) is 0 Å². The first kappa shape index (κ1) is 9.97. The Balaban J connectivity index is 2.45. The number of hydrogen-bond acceptors (Lipinski definition) is 2. The van der Waals surface area contributed by atoms with Gasteiger partial charge in [0.2, 0.25) is 0 Å². The van der Waals surface area contributed by atoms with E-state index in [4.69, 9.17) is 5.11 Å². The van der Waals surface area contributed by atoms with E-state index in [9.17, 15) is 13.2 Å². The lowest BCUT2D eigenvalue weighted by atomic mass is 10.3. The second kappa shape index (κ2) is 3.23. The fourth-order valence-corrected chi connectivity index (χ4v) is 1.25. The Morgan fingerprint density at radius 3 is 2.67 bits per heavy atom. The van der Waals surface area contributed by atoms with Gasteiger partial charge < -0.3 is 9.51 Å². The van der Waals surface area contributed by atoms with Crippen LogP contribution in [0.25, 0.3) is 5.65 Å². The minimum absolute atomic E-state index is 0.371. The van der Waals surface area contributed by atoms with Crippen LogP contribution in [-0.4, -0.2) is 20.7 Å². The van der Waals surface area contributed by atoms with E-state index < -0.39 is 18.0 Å². The number of halogens is 3. The van der Waals surface area contributed by atoms with Gasteiger partial charge in [0, 0.05) is 12.4 Å². The fraction of sp³-hybridized carbons (Fsp3) is 0.222. The molecule has 0 aliphatic carbocycles. The molecule has 0 aliphatic heterocycles. The maximum atomic E-state index is 12.2. The van der Waals surface area contributed by atoms with Crippen LogP contribution in [0.3, 0.4) is 0 Å². The molecular formula is C9H7F3N2O. The molecule has 2 aromatic rings. The Hall–Kier alpha value is -1.56. The number of fused-ring (bicyclic) bond motifs is 1. The first-order valence-electron chi connectivity index (χ1n) is 4.17. The molecule has 1 atom stereocenters. The molecule has 80 valence electrons. The number of aliphatic hydroxyl groups excluding tert-OH is 1. The van der Waals surface area contributed by atoms with E-state index in [1.165, 1.54) is 4.40 Å². The molecule has 3 nitrogen and oxygen atoms in total. The molecule has 0 saturated carbocycles. The maximum absolute atomic E-state index is 12.2. The summed E-state index contributed by atoms with van der Waals surface area (Å²) in [5, 5.41) is 8.96. The summed E-state index contributed by atoms with van der Waals surface area (Å²) in [5.41, 5.74) is -0.0236. The van der Waals surface area contributed by atoms with Crippen molar-refractivity contribution in [3.8, 4) is 0 Å². The van der Waals surface area contributed by atoms with Gasteiger partial charge in [-0.3, -0.25) is 0 Å². The summed E-state index contributed by atoms with van der Waals surface area (Å²) >= 11 is 0. The molecule has 2 rings (SSSR count). The maximum Gasteiger partial charge on any atom is 0.420 e. The van der Waals surface area contributed by atoms with Crippen LogP contribution < -0.4 is 0 Å². The van der Waals surface area contributed by atoms with Gasteiger partial charge >= 0.3 is 6.18 Å². The van der Waals surface area contributed by atoms with Crippen LogP contribution >= 0.6 is 0 Å². The van der Waals surface area contributed by atoms with Crippen molar-refractivity contribution in [2.45, 2.75) is 12.3 Å². The molecule has 0 aliphatic rings. The molecule has 0 unspecified atom stereocenters. The van der Waals surface area contributed by atoms with Crippen molar-refractivity contribution >= 4 is 5.65 Å². The molecule has 0 bridgehead atoms. The first-order chi connectivity index (χ1) is 6.98. The van der Waals surface area contributed by atoms with Crippen molar-refractivity contribution in [1.82, 2.24) is 9.38 Å². The Kier molecular flexibility index (Phi) is 2.15. The van der Waals surface area contributed by atoms with Crippen molar-refractivity contribution in [3.05, 3.63) is 36.3 Å². The molecule has 0 fully saturated rings. The van der Waals surface area contributed by atoms with E-state index >= 15 is 0 Å². The highest BCUT2D eigenvalue weighted by Crippen LogP contribution is 2.31. The summed E-state index contributed by atoms with van der Waals surface area (Å²) in [4.78, 5) is 3.67. The average molecular weight is 216 g/mol. The third-order valence-electron chi connectivity index (χ3n) is 1.97. The van der Waals surface area contributed by atoms with E-state index in [1.54, 1.807) is 24.4 Å². The number of rotatable bonds is 1. The van der Waals surface area contributed by atoms with Crippen LogP contribution in [0.15, 0.2) is 30.6 Å². The highest BCUT2D eigenvalue weighted by atomic mass is 19.4. The number of nitrogens with zero attached hydrogens (tertiary/aromatic N) is 2. The average Bonchev–Trinajstić information content (AvgIpc) is 2.58. The van der Waals surface area contributed by atoms with Gasteiger partial charge in [0.05, 0.1) is 5.69 Å². The summed E-state index contributed by atoms with van der Waals surface area (Å²) in [7, 11) is 0. The quantitative estimate of drug-likeness (QED) is 0.790. The molecule has 6 heteroatoms. The summed E-state index contributed by atoms with van der Waals surface area (Å²) in [5.74, 6) is 0. The lowest BCUT2D eigenvalue weighted by molar-refractivity contribution is -0.207. The van der Waals surface area contributed by atoms with Crippen molar-refractivity contribution in [1.29, 1.82) is 0 Å². The summed E-state index contributed by atoms with van der Waals surface area (Å²) < 4.78 is 37.9. The highest BCUT2D eigenvalue weighted by Gasteiger charge is 2.40. The molecule has 0 aromatic carbocycles. The molecule has 0 radical (unpaired) electrons. The van der Waals surface area contributed by atoms with E-state index in [2.05, 4.69) is 4.98 Å². The normalized spacial score (nSPS) is 14.4. The Morgan fingerprint density at radius 2 is 2.07 bits per heavy atom. The van der Waals surface area contributed by atoms with E-state index in [1.807, 2.05) is 0 Å². The van der Waals surface area contributed by atoms with Crippen LogP contribution in [0.4, 0.5) is 13.2 Å². The Bertz CT molecular complexity index is 444. The fourth-order valence-electron chi connectivity index (χ4n) is 1.25. The standard InChI is InChI=1S/C9H7F3N2O/c10-9(11,12)8(15)6-5-14-4-2-1-3-7(14)13-6/h1-5,8,15H/t8-/m0/s1. The van der Waals surface area contributed by atoms with Crippen molar-refractivity contribution in [2.24, 2.45) is 0 Å². The number of imidazole rings is 1. The van der Waals surface area contributed by atoms with Gasteiger partial charge in [0.15, 0.2) is 6.10 Å². The molecule has 0 spiro atoms. The van der Waals surface area contributed by atoms with Crippen LogP contribution in [0, 0.1) is 0 Å². The molecule has 0 amide bonds. The van der Waals surface area contributed by atoms with Crippen LogP contribution in [0.5, 0.6) is 0 Å². The second-order valence-electron chi connectivity index (χ2n) is 3.08. The minimum atomic E-state index is -4.68. The molecule has 0 saturated heterocycles. The molecule has 15 heavy (non-hydrogen) atoms. The Morgan fingerprint density at radius 1 is 1.33 bits per heavy atom. The number of aliphatic hydroxyl groups is 1. The zero-order chi connectivity index (χ0) is 11.1. The monoisotopic (exact) mass is 216 g/mol. The summed E-state index contributed by atoms with van der Waals surface area (Å²) in [6.45, 7) is 0. The van der Waals surface area contributed by atoms with Crippen molar-refractivity contribution < 1.29 is 18.3 Å². The van der Waals surface area contributed by atoms with Crippen molar-refractivity contribution in [3.63, 3.8) is 0 Å². The van der Waals surface area contributed by atoms with E-state index in [-0.39, 0.29) is 0 Å². The van der Waals surface area contributed by atoms with E-state index in [0.29, 0.717) is 5.65 Å². The van der Waals surface area contributed by atoms with Gasteiger partial charge in [-0.05, 0) is 12.1 Å². The summed E-state index contributed by atoms with van der Waals surface area (Å²) in [6, 6.07) is 4.89. The third kappa shape index (κ3) is 1.80. The number of aromatic nitrogens is 2. The number of hydrogen-bond donors (Lipinski definition) is 1. The Labute approximate surface area is 82.8 Å². The van der Waals surface area contributed by atoms with Gasteiger partial charge in [-0.2, -0.15) is 13.2 Å². The molecule has 2 heterocycles. The molecular weight excluding hydrogens is 209 g/mol. The van der Waals surface area contributed by atoms with Crippen LogP contribution in [0.2, 0.25) is 0 Å². The van der Waals surface area contributed by atoms with Crippen LogP contribution in [0.1, 0.15) is 11.8 Å². The lowest BCUT2D eigenvalue weighted by Gasteiger charge is -2.10. The zero-order valence-corrected chi connectivity index (χ0v) is 7.44. The van der Waals surface area contributed by atoms with Gasteiger partial charge in [-0.15, -0.1) is 0 Å². The SMILES string of the molecule is O[C@@H](c1cn2ccccc2n1)C(F)(F)F. The largest absolute Gasteiger partial charge is 0.420 e. The number of pyridine rings is 1. The predicted octanol–water partition coefficient (Wildman–Crippen LogP) is 1.93. The van der Waals surface area contributed by atoms with E-state index in [0.717, 1.165) is 6.20 Å². The van der Waals surface area contributed by atoms with Gasteiger partial charge in [0.1, 0.15) is 5.65 Å². The second-order valence-corrected chi connectivity index (χ2v) is 3.08. The van der Waals surface area contributed by atoms with Crippen LogP contribution in [-0.2, 0) is 0 Å².